The van der Waals surface area contributed by atoms with Crippen molar-refractivity contribution < 1.29 is 9.47 Å². The van der Waals surface area contributed by atoms with Crippen LogP contribution >= 0.6 is 11.6 Å². The molecule has 1 N–H and O–H groups in total. The fourth-order valence-corrected chi connectivity index (χ4v) is 5.93. The van der Waals surface area contributed by atoms with E-state index in [0.717, 1.165) is 61.0 Å². The van der Waals surface area contributed by atoms with E-state index in [4.69, 9.17) is 21.1 Å². The largest absolute Gasteiger partial charge is 0.497 e. The number of fused-ring (bicyclic) bond motifs is 4. The number of benzene rings is 2. The van der Waals surface area contributed by atoms with Crippen LogP contribution in [0.15, 0.2) is 60.8 Å². The molecule has 5 nitrogen and oxygen atoms in total. The van der Waals surface area contributed by atoms with E-state index in [1.165, 1.54) is 11.3 Å². The molecule has 6 heteroatoms. The van der Waals surface area contributed by atoms with Crippen molar-refractivity contribution in [2.45, 2.75) is 36.9 Å². The third-order valence-electron chi connectivity index (χ3n) is 7.44. The maximum atomic E-state index is 6.64. The molecule has 2 fully saturated rings. The monoisotopic (exact) mass is 449 g/mol. The van der Waals surface area contributed by atoms with Crippen LogP contribution in [0.2, 0.25) is 5.02 Å². The van der Waals surface area contributed by atoms with Crippen LogP contribution in [0, 0.1) is 0 Å². The minimum Gasteiger partial charge on any atom is -0.497 e. The smallest absolute Gasteiger partial charge is 0.121 e. The maximum absolute atomic E-state index is 6.64. The number of anilines is 1. The first-order valence-electron chi connectivity index (χ1n) is 11.3. The third kappa shape index (κ3) is 3.22. The van der Waals surface area contributed by atoms with Gasteiger partial charge in [-0.15, -0.1) is 0 Å². The summed E-state index contributed by atoms with van der Waals surface area (Å²) in [6, 6.07) is 18.8. The van der Waals surface area contributed by atoms with Gasteiger partial charge in [-0.25, -0.2) is 0 Å². The molecule has 0 saturated carbocycles. The van der Waals surface area contributed by atoms with E-state index < -0.39 is 0 Å². The lowest BCUT2D eigenvalue weighted by Crippen LogP contribution is -2.46. The predicted molar refractivity (Wildman–Crippen MR) is 127 cm³/mol. The van der Waals surface area contributed by atoms with Crippen molar-refractivity contribution >= 4 is 17.3 Å². The number of likely N-dealkylation sites (tertiary alicyclic amines) is 1. The van der Waals surface area contributed by atoms with E-state index >= 15 is 0 Å². The molecule has 3 aliphatic rings. The molecule has 0 bridgehead atoms. The fraction of sp³-hybridized carbons (Fsp3) is 0.385. The Kier molecular flexibility index (Phi) is 4.75. The first-order valence-corrected chi connectivity index (χ1v) is 11.7. The van der Waals surface area contributed by atoms with Crippen LogP contribution in [-0.2, 0) is 16.8 Å². The molecule has 0 radical (unpaired) electrons. The van der Waals surface area contributed by atoms with Gasteiger partial charge in [-0.3, -0.25) is 4.90 Å². The van der Waals surface area contributed by atoms with Gasteiger partial charge in [0.1, 0.15) is 11.3 Å². The molecule has 1 aromatic heterocycles. The zero-order valence-electron chi connectivity index (χ0n) is 18.3. The van der Waals surface area contributed by atoms with Crippen molar-refractivity contribution in [2.75, 3.05) is 32.1 Å². The third-order valence-corrected chi connectivity index (χ3v) is 7.81. The predicted octanol–water partition coefficient (Wildman–Crippen LogP) is 5.22. The molecule has 0 amide bonds. The van der Waals surface area contributed by atoms with E-state index in [9.17, 15) is 0 Å². The molecule has 2 spiro atoms. The maximum Gasteiger partial charge on any atom is 0.121 e. The number of hydrogen-bond acceptors (Lipinski definition) is 4. The number of aromatic nitrogens is 1. The Bertz CT molecular complexity index is 1150. The van der Waals surface area contributed by atoms with Crippen LogP contribution in [-0.4, -0.2) is 41.9 Å². The van der Waals surface area contributed by atoms with Crippen molar-refractivity contribution in [2.24, 2.45) is 0 Å². The van der Waals surface area contributed by atoms with E-state index in [1.54, 1.807) is 7.11 Å². The lowest BCUT2D eigenvalue weighted by Gasteiger charge is -2.41. The summed E-state index contributed by atoms with van der Waals surface area (Å²) in [7, 11) is 1.71. The van der Waals surface area contributed by atoms with Gasteiger partial charge in [0.2, 0.25) is 0 Å². The van der Waals surface area contributed by atoms with Crippen LogP contribution in [0.1, 0.15) is 30.5 Å². The Balaban J connectivity index is 1.22. The van der Waals surface area contributed by atoms with Crippen LogP contribution in [0.25, 0.3) is 5.69 Å². The van der Waals surface area contributed by atoms with Gasteiger partial charge in [-0.1, -0.05) is 29.8 Å². The summed E-state index contributed by atoms with van der Waals surface area (Å²) < 4.78 is 14.4. The lowest BCUT2D eigenvalue weighted by molar-refractivity contribution is -0.0451. The number of nitrogens with zero attached hydrogens (tertiary/aromatic N) is 2. The Morgan fingerprint density at radius 3 is 2.75 bits per heavy atom. The van der Waals surface area contributed by atoms with Crippen LogP contribution in [0.3, 0.4) is 0 Å². The molecular formula is C26H28ClN3O2. The summed E-state index contributed by atoms with van der Waals surface area (Å²) in [6.07, 6.45) is 5.19. The Hall–Kier alpha value is -2.47. The Morgan fingerprint density at radius 1 is 1.09 bits per heavy atom. The van der Waals surface area contributed by atoms with Crippen molar-refractivity contribution in [1.82, 2.24) is 9.47 Å². The number of nitrogens with one attached hydrogen (secondary N) is 1. The van der Waals surface area contributed by atoms with Gasteiger partial charge >= 0.3 is 0 Å². The number of rotatable bonds is 3. The van der Waals surface area contributed by atoms with E-state index in [-0.39, 0.29) is 11.1 Å². The summed E-state index contributed by atoms with van der Waals surface area (Å²) in [5, 5.41) is 4.71. The van der Waals surface area contributed by atoms with E-state index in [2.05, 4.69) is 57.4 Å². The summed E-state index contributed by atoms with van der Waals surface area (Å²) in [5.41, 5.74) is 4.44. The topological polar surface area (TPSA) is 38.7 Å². The molecule has 2 saturated heterocycles. The van der Waals surface area contributed by atoms with E-state index in [0.29, 0.717) is 6.61 Å². The lowest BCUT2D eigenvalue weighted by atomic mass is 9.79. The molecule has 0 aliphatic carbocycles. The zero-order valence-corrected chi connectivity index (χ0v) is 19.1. The first-order chi connectivity index (χ1) is 15.6. The van der Waals surface area contributed by atoms with Crippen molar-refractivity contribution in [1.29, 1.82) is 0 Å². The fourth-order valence-electron chi connectivity index (χ4n) is 5.74. The number of methoxy groups -OCH3 is 1. The second-order valence-electron chi connectivity index (χ2n) is 9.37. The van der Waals surface area contributed by atoms with Gasteiger partial charge in [0.25, 0.3) is 0 Å². The molecule has 1 atom stereocenters. The Labute approximate surface area is 193 Å². The molecular weight excluding hydrogens is 422 g/mol. The molecule has 3 aromatic rings. The normalized spacial score (nSPS) is 23.7. The second kappa shape index (κ2) is 7.55. The standard InChI is InChI=1S/C26H28ClN3O2/c1-31-20-8-9-23-22(15-20)28-26(24-7-4-12-30(23)24)17-25(32-18-26)10-13-29(14-11-25)16-19-5-2-3-6-21(19)27/h2-9,12,15,28H,10-11,13-14,16-18H2,1H3/t26-/m1/s1. The van der Waals surface area contributed by atoms with Gasteiger partial charge in [-0.2, -0.15) is 0 Å². The van der Waals surface area contributed by atoms with Gasteiger partial charge in [0.15, 0.2) is 0 Å². The quantitative estimate of drug-likeness (QED) is 0.595. The van der Waals surface area contributed by atoms with E-state index in [1.807, 2.05) is 18.2 Å². The summed E-state index contributed by atoms with van der Waals surface area (Å²) in [5.74, 6) is 0.864. The molecule has 166 valence electrons. The van der Waals surface area contributed by atoms with Crippen molar-refractivity contribution in [3.05, 3.63) is 77.1 Å². The van der Waals surface area contributed by atoms with Gasteiger partial charge < -0.3 is 19.4 Å². The molecule has 0 unspecified atom stereocenters. The molecule has 32 heavy (non-hydrogen) atoms. The Morgan fingerprint density at radius 2 is 1.94 bits per heavy atom. The highest BCUT2D eigenvalue weighted by atomic mass is 35.5. The van der Waals surface area contributed by atoms with Crippen LogP contribution in [0.5, 0.6) is 5.75 Å². The van der Waals surface area contributed by atoms with Gasteiger partial charge in [-0.05, 0) is 48.7 Å². The second-order valence-corrected chi connectivity index (χ2v) is 9.78. The average Bonchev–Trinajstić information content (AvgIpc) is 3.44. The van der Waals surface area contributed by atoms with Gasteiger partial charge in [0, 0.05) is 43.3 Å². The highest BCUT2D eigenvalue weighted by molar-refractivity contribution is 6.31. The molecule has 3 aliphatic heterocycles. The molecule has 6 rings (SSSR count). The van der Waals surface area contributed by atoms with Crippen LogP contribution in [0.4, 0.5) is 5.69 Å². The average molecular weight is 450 g/mol. The highest BCUT2D eigenvalue weighted by Crippen LogP contribution is 2.50. The SMILES string of the molecule is COc1ccc2c(c1)N[C@]1(COC3(CCN(Cc4ccccc4Cl)CC3)C1)c1cccn1-2. The van der Waals surface area contributed by atoms with Gasteiger partial charge in [0.05, 0.1) is 36.4 Å². The van der Waals surface area contributed by atoms with Crippen LogP contribution < -0.4 is 10.1 Å². The number of piperidine rings is 1. The minimum atomic E-state index is -0.215. The number of ether oxygens (including phenoxy) is 2. The minimum absolute atomic E-state index is 0.0878. The zero-order chi connectivity index (χ0) is 21.8. The number of hydrogen-bond donors (Lipinski definition) is 1. The molecule has 4 heterocycles. The highest BCUT2D eigenvalue weighted by Gasteiger charge is 2.53. The first kappa shape index (κ1) is 20.2. The van der Waals surface area contributed by atoms with Crippen molar-refractivity contribution in [3.63, 3.8) is 0 Å². The number of halogens is 1. The summed E-state index contributed by atoms with van der Waals surface area (Å²) in [4.78, 5) is 2.50. The summed E-state index contributed by atoms with van der Waals surface area (Å²) >= 11 is 6.39. The molecule has 2 aromatic carbocycles. The van der Waals surface area contributed by atoms with Crippen molar-refractivity contribution in [3.8, 4) is 11.4 Å². The summed E-state index contributed by atoms with van der Waals surface area (Å²) in [6.45, 7) is 3.62.